The number of hydrogen-bond acceptors (Lipinski definition) is 4. The minimum atomic E-state index is -3.58. The zero-order chi connectivity index (χ0) is 18.7. The largest absolute Gasteiger partial charge is 0.497 e. The van der Waals surface area contributed by atoms with Crippen molar-refractivity contribution in [3.63, 3.8) is 0 Å². The van der Waals surface area contributed by atoms with E-state index >= 15 is 0 Å². The van der Waals surface area contributed by atoms with Gasteiger partial charge in [-0.3, -0.25) is 4.79 Å². The Labute approximate surface area is 161 Å². The molecule has 0 radical (unpaired) electrons. The summed E-state index contributed by atoms with van der Waals surface area (Å²) in [6.45, 7) is 1.25. The van der Waals surface area contributed by atoms with Gasteiger partial charge in [0.1, 0.15) is 5.75 Å². The van der Waals surface area contributed by atoms with Crippen molar-refractivity contribution in [2.24, 2.45) is 0 Å². The summed E-state index contributed by atoms with van der Waals surface area (Å²) in [5, 5.41) is 0. The van der Waals surface area contributed by atoms with E-state index in [4.69, 9.17) is 4.74 Å². The zero-order valence-electron chi connectivity index (χ0n) is 14.3. The third kappa shape index (κ3) is 3.77. The van der Waals surface area contributed by atoms with Crippen molar-refractivity contribution in [1.82, 2.24) is 9.21 Å². The van der Waals surface area contributed by atoms with Crippen LogP contribution in [0.5, 0.6) is 5.75 Å². The lowest BCUT2D eigenvalue weighted by atomic mass is 10.2. The first-order valence-electron chi connectivity index (χ1n) is 8.11. The van der Waals surface area contributed by atoms with Crippen LogP contribution in [-0.4, -0.2) is 56.8 Å². The van der Waals surface area contributed by atoms with E-state index < -0.39 is 10.0 Å². The Morgan fingerprint density at radius 2 is 1.62 bits per heavy atom. The van der Waals surface area contributed by atoms with E-state index in [1.54, 1.807) is 60.5 Å². The van der Waals surface area contributed by atoms with Crippen LogP contribution in [0.25, 0.3) is 0 Å². The van der Waals surface area contributed by atoms with Crippen LogP contribution in [0, 0.1) is 0 Å². The quantitative estimate of drug-likeness (QED) is 0.735. The molecule has 0 bridgehead atoms. The summed E-state index contributed by atoms with van der Waals surface area (Å²) in [4.78, 5) is 14.5. The fraction of sp³-hybridized carbons (Fsp3) is 0.278. The Morgan fingerprint density at radius 3 is 2.19 bits per heavy atom. The molecule has 0 unspecified atom stereocenters. The number of amides is 1. The maximum absolute atomic E-state index is 12.8. The monoisotopic (exact) mass is 438 g/mol. The normalized spacial score (nSPS) is 15.7. The highest BCUT2D eigenvalue weighted by Crippen LogP contribution is 2.25. The Bertz CT molecular complexity index is 892. The van der Waals surface area contributed by atoms with Gasteiger partial charge in [-0.05, 0) is 52.3 Å². The van der Waals surface area contributed by atoms with E-state index in [0.717, 1.165) is 0 Å². The van der Waals surface area contributed by atoms with Crippen molar-refractivity contribution in [2.75, 3.05) is 33.3 Å². The first-order valence-corrected chi connectivity index (χ1v) is 10.3. The zero-order valence-corrected chi connectivity index (χ0v) is 16.7. The summed E-state index contributed by atoms with van der Waals surface area (Å²) in [7, 11) is -2.01. The van der Waals surface area contributed by atoms with E-state index in [-0.39, 0.29) is 23.9 Å². The second-order valence-electron chi connectivity index (χ2n) is 5.86. The topological polar surface area (TPSA) is 66.9 Å². The van der Waals surface area contributed by atoms with Crippen LogP contribution in [0.3, 0.4) is 0 Å². The van der Waals surface area contributed by atoms with Gasteiger partial charge in [0, 0.05) is 36.2 Å². The number of piperazine rings is 1. The molecule has 138 valence electrons. The van der Waals surface area contributed by atoms with Crippen molar-refractivity contribution in [1.29, 1.82) is 0 Å². The first-order chi connectivity index (χ1) is 12.4. The van der Waals surface area contributed by atoms with Gasteiger partial charge in [-0.2, -0.15) is 4.31 Å². The number of rotatable bonds is 4. The van der Waals surface area contributed by atoms with Gasteiger partial charge in [-0.25, -0.2) is 8.42 Å². The van der Waals surface area contributed by atoms with Crippen molar-refractivity contribution in [2.45, 2.75) is 4.90 Å². The van der Waals surface area contributed by atoms with E-state index in [1.807, 2.05) is 0 Å². The SMILES string of the molecule is COc1ccc(C(=O)N2CCN(S(=O)(=O)c3ccccc3Br)CC2)cc1. The molecule has 1 fully saturated rings. The summed E-state index contributed by atoms with van der Waals surface area (Å²) >= 11 is 3.30. The van der Waals surface area contributed by atoms with Gasteiger partial charge in [0.2, 0.25) is 10.0 Å². The third-order valence-corrected chi connectivity index (χ3v) is 7.23. The molecule has 6 nitrogen and oxygen atoms in total. The smallest absolute Gasteiger partial charge is 0.253 e. The predicted molar refractivity (Wildman–Crippen MR) is 102 cm³/mol. The standard InChI is InChI=1S/C18H19BrN2O4S/c1-25-15-8-6-14(7-9-15)18(22)20-10-12-21(13-11-20)26(23,24)17-5-3-2-4-16(17)19/h2-9H,10-13H2,1H3. The van der Waals surface area contributed by atoms with Crippen LogP contribution < -0.4 is 4.74 Å². The summed E-state index contributed by atoms with van der Waals surface area (Å²) in [5.41, 5.74) is 0.563. The molecular formula is C18H19BrN2O4S. The summed E-state index contributed by atoms with van der Waals surface area (Å²) in [6.07, 6.45) is 0. The fourth-order valence-corrected chi connectivity index (χ4v) is 5.23. The van der Waals surface area contributed by atoms with Crippen molar-refractivity contribution in [3.05, 3.63) is 58.6 Å². The maximum atomic E-state index is 12.8. The minimum Gasteiger partial charge on any atom is -0.497 e. The van der Waals surface area contributed by atoms with Gasteiger partial charge in [0.05, 0.1) is 12.0 Å². The molecule has 0 atom stereocenters. The number of methoxy groups -OCH3 is 1. The molecule has 1 saturated heterocycles. The number of nitrogens with zero attached hydrogens (tertiary/aromatic N) is 2. The van der Waals surface area contributed by atoms with Crippen LogP contribution in [0.2, 0.25) is 0 Å². The van der Waals surface area contributed by atoms with E-state index in [0.29, 0.717) is 28.9 Å². The number of sulfonamides is 1. The van der Waals surface area contributed by atoms with Gasteiger partial charge in [-0.15, -0.1) is 0 Å². The average Bonchev–Trinajstić information content (AvgIpc) is 2.68. The highest BCUT2D eigenvalue weighted by Gasteiger charge is 2.31. The number of carbonyl (C=O) groups is 1. The number of carbonyl (C=O) groups excluding carboxylic acids is 1. The number of benzene rings is 2. The van der Waals surface area contributed by atoms with Gasteiger partial charge in [-0.1, -0.05) is 12.1 Å². The van der Waals surface area contributed by atoms with E-state index in [1.165, 1.54) is 4.31 Å². The second kappa shape index (κ2) is 7.77. The van der Waals surface area contributed by atoms with Crippen LogP contribution in [0.4, 0.5) is 0 Å². The minimum absolute atomic E-state index is 0.106. The molecule has 0 spiro atoms. The number of ether oxygens (including phenoxy) is 1. The van der Waals surface area contributed by atoms with E-state index in [2.05, 4.69) is 15.9 Å². The van der Waals surface area contributed by atoms with Crippen molar-refractivity contribution < 1.29 is 17.9 Å². The van der Waals surface area contributed by atoms with Gasteiger partial charge in [0.25, 0.3) is 5.91 Å². The molecule has 0 saturated carbocycles. The lowest BCUT2D eigenvalue weighted by Gasteiger charge is -2.34. The van der Waals surface area contributed by atoms with Crippen molar-refractivity contribution in [3.8, 4) is 5.75 Å². The summed E-state index contributed by atoms with van der Waals surface area (Å²) in [6, 6.07) is 13.7. The average molecular weight is 439 g/mol. The van der Waals surface area contributed by atoms with Crippen LogP contribution in [0.1, 0.15) is 10.4 Å². The third-order valence-electron chi connectivity index (χ3n) is 4.32. The van der Waals surface area contributed by atoms with Crippen LogP contribution in [0.15, 0.2) is 57.9 Å². The molecule has 2 aromatic rings. The molecule has 26 heavy (non-hydrogen) atoms. The van der Waals surface area contributed by atoms with Gasteiger partial charge >= 0.3 is 0 Å². The Morgan fingerprint density at radius 1 is 1.00 bits per heavy atom. The maximum Gasteiger partial charge on any atom is 0.253 e. The van der Waals surface area contributed by atoms with Gasteiger partial charge in [0.15, 0.2) is 0 Å². The molecule has 1 aliphatic heterocycles. The highest BCUT2D eigenvalue weighted by molar-refractivity contribution is 9.10. The van der Waals surface area contributed by atoms with E-state index in [9.17, 15) is 13.2 Å². The fourth-order valence-electron chi connectivity index (χ4n) is 2.84. The second-order valence-corrected chi connectivity index (χ2v) is 8.62. The molecule has 8 heteroatoms. The lowest BCUT2D eigenvalue weighted by molar-refractivity contribution is 0.0698. The number of halogens is 1. The summed E-state index contributed by atoms with van der Waals surface area (Å²) in [5.74, 6) is 0.580. The molecule has 0 aliphatic carbocycles. The molecular weight excluding hydrogens is 420 g/mol. The Balaban J connectivity index is 1.68. The molecule has 0 aromatic heterocycles. The first kappa shape index (κ1) is 18.9. The molecule has 1 heterocycles. The van der Waals surface area contributed by atoms with Crippen LogP contribution in [-0.2, 0) is 10.0 Å². The van der Waals surface area contributed by atoms with Crippen molar-refractivity contribution >= 4 is 31.9 Å². The Kier molecular flexibility index (Phi) is 5.64. The molecule has 3 rings (SSSR count). The highest BCUT2D eigenvalue weighted by atomic mass is 79.9. The predicted octanol–water partition coefficient (Wildman–Crippen LogP) is 2.60. The number of hydrogen-bond donors (Lipinski definition) is 0. The summed E-state index contributed by atoms with van der Waals surface area (Å²) < 4.78 is 32.7. The van der Waals surface area contributed by atoms with Crippen LogP contribution >= 0.6 is 15.9 Å². The Hall–Kier alpha value is -1.90. The lowest BCUT2D eigenvalue weighted by Crippen LogP contribution is -2.50. The molecule has 1 amide bonds. The molecule has 1 aliphatic rings. The molecule has 0 N–H and O–H groups in total. The van der Waals surface area contributed by atoms with Gasteiger partial charge < -0.3 is 9.64 Å². The molecule has 2 aromatic carbocycles.